The SMILES string of the molecule is COc1cc(NC(=O)CN(c2ccccc2)S(=O)(=O)c2ccc(F)cc2)c(OC)cc1Cl. The summed E-state index contributed by atoms with van der Waals surface area (Å²) in [5, 5.41) is 2.91. The Morgan fingerprint density at radius 2 is 1.62 bits per heavy atom. The number of amides is 1. The Bertz CT molecular complexity index is 1200. The van der Waals surface area contributed by atoms with Crippen molar-refractivity contribution >= 4 is 38.9 Å². The second kappa shape index (κ2) is 9.88. The van der Waals surface area contributed by atoms with Gasteiger partial charge in [0, 0.05) is 12.1 Å². The molecule has 0 aliphatic heterocycles. The second-order valence-corrected chi connectivity index (χ2v) is 8.81. The summed E-state index contributed by atoms with van der Waals surface area (Å²) >= 11 is 6.09. The van der Waals surface area contributed by atoms with Gasteiger partial charge in [0.05, 0.1) is 35.5 Å². The van der Waals surface area contributed by atoms with Gasteiger partial charge in [-0.1, -0.05) is 29.8 Å². The van der Waals surface area contributed by atoms with Crippen LogP contribution >= 0.6 is 11.6 Å². The van der Waals surface area contributed by atoms with Gasteiger partial charge in [-0.15, -0.1) is 0 Å². The van der Waals surface area contributed by atoms with Crippen LogP contribution in [0.3, 0.4) is 0 Å². The summed E-state index contributed by atoms with van der Waals surface area (Å²) in [7, 11) is -1.34. The van der Waals surface area contributed by atoms with Crippen LogP contribution in [0.1, 0.15) is 0 Å². The van der Waals surface area contributed by atoms with Gasteiger partial charge >= 0.3 is 0 Å². The van der Waals surface area contributed by atoms with Crippen molar-refractivity contribution in [2.45, 2.75) is 4.90 Å². The van der Waals surface area contributed by atoms with Crippen molar-refractivity contribution in [1.82, 2.24) is 0 Å². The minimum absolute atomic E-state index is 0.152. The standard InChI is InChI=1S/C22H20ClFN2O5S/c1-30-20-13-19(21(31-2)12-18(20)23)25-22(27)14-26(16-6-4-3-5-7-16)32(28,29)17-10-8-15(24)9-11-17/h3-13H,14H2,1-2H3,(H,25,27). The number of benzene rings is 3. The van der Waals surface area contributed by atoms with Crippen molar-refractivity contribution in [2.24, 2.45) is 0 Å². The number of nitrogens with zero attached hydrogens (tertiary/aromatic N) is 1. The van der Waals surface area contributed by atoms with Gasteiger partial charge in [0.2, 0.25) is 5.91 Å². The quantitative estimate of drug-likeness (QED) is 0.521. The van der Waals surface area contributed by atoms with Gasteiger partial charge in [-0.2, -0.15) is 0 Å². The number of hydrogen-bond acceptors (Lipinski definition) is 5. The van der Waals surface area contributed by atoms with E-state index in [0.717, 1.165) is 28.6 Å². The van der Waals surface area contributed by atoms with E-state index in [-0.39, 0.29) is 27.0 Å². The van der Waals surface area contributed by atoms with Crippen LogP contribution in [-0.4, -0.2) is 35.1 Å². The van der Waals surface area contributed by atoms with Crippen LogP contribution in [0.4, 0.5) is 15.8 Å². The maximum Gasteiger partial charge on any atom is 0.264 e. The normalized spacial score (nSPS) is 11.0. The molecule has 3 aromatic rings. The van der Waals surface area contributed by atoms with Crippen molar-refractivity contribution in [3.63, 3.8) is 0 Å². The molecule has 0 saturated carbocycles. The van der Waals surface area contributed by atoms with E-state index in [2.05, 4.69) is 5.32 Å². The third-order valence-corrected chi connectivity index (χ3v) is 6.56. The van der Waals surface area contributed by atoms with E-state index in [0.29, 0.717) is 5.75 Å². The number of ether oxygens (including phenoxy) is 2. The fraction of sp³-hybridized carbons (Fsp3) is 0.136. The molecule has 1 N–H and O–H groups in total. The lowest BCUT2D eigenvalue weighted by molar-refractivity contribution is -0.114. The van der Waals surface area contributed by atoms with Crippen LogP contribution in [0, 0.1) is 5.82 Å². The zero-order valence-electron chi connectivity index (χ0n) is 17.2. The number of rotatable bonds is 8. The molecule has 0 unspecified atom stereocenters. The van der Waals surface area contributed by atoms with Crippen molar-refractivity contribution < 1.29 is 27.1 Å². The van der Waals surface area contributed by atoms with Gasteiger partial charge in [0.1, 0.15) is 23.9 Å². The van der Waals surface area contributed by atoms with E-state index in [9.17, 15) is 17.6 Å². The smallest absolute Gasteiger partial charge is 0.264 e. The summed E-state index contributed by atoms with van der Waals surface area (Å²) in [6.07, 6.45) is 0. The Morgan fingerprint density at radius 1 is 1.00 bits per heavy atom. The van der Waals surface area contributed by atoms with Crippen LogP contribution in [-0.2, 0) is 14.8 Å². The minimum atomic E-state index is -4.16. The van der Waals surface area contributed by atoms with Crippen molar-refractivity contribution in [1.29, 1.82) is 0 Å². The molecule has 0 fully saturated rings. The largest absolute Gasteiger partial charge is 0.495 e. The Labute approximate surface area is 190 Å². The first-order valence-electron chi connectivity index (χ1n) is 9.31. The van der Waals surface area contributed by atoms with Gasteiger partial charge in [0.25, 0.3) is 10.0 Å². The topological polar surface area (TPSA) is 84.9 Å². The molecule has 0 aliphatic rings. The molecular formula is C22H20ClFN2O5S. The summed E-state index contributed by atoms with van der Waals surface area (Å²) in [5.41, 5.74) is 0.526. The summed E-state index contributed by atoms with van der Waals surface area (Å²) in [6, 6.07) is 15.4. The Morgan fingerprint density at radius 3 is 2.22 bits per heavy atom. The number of halogens is 2. The summed E-state index contributed by atoms with van der Waals surface area (Å²) in [5.74, 6) is -0.627. The van der Waals surface area contributed by atoms with Gasteiger partial charge in [0.15, 0.2) is 0 Å². The molecule has 7 nitrogen and oxygen atoms in total. The van der Waals surface area contributed by atoms with Crippen molar-refractivity contribution in [3.05, 3.63) is 77.6 Å². The number of methoxy groups -OCH3 is 2. The monoisotopic (exact) mass is 478 g/mol. The molecule has 3 rings (SSSR count). The molecule has 32 heavy (non-hydrogen) atoms. The maximum atomic E-state index is 13.3. The first kappa shape index (κ1) is 23.4. The Kier molecular flexibility index (Phi) is 7.22. The third-order valence-electron chi connectivity index (χ3n) is 4.48. The number of anilines is 2. The lowest BCUT2D eigenvalue weighted by Crippen LogP contribution is -2.38. The van der Waals surface area contributed by atoms with E-state index in [4.69, 9.17) is 21.1 Å². The van der Waals surface area contributed by atoms with Crippen LogP contribution in [0.5, 0.6) is 11.5 Å². The van der Waals surface area contributed by atoms with Gasteiger partial charge in [-0.05, 0) is 36.4 Å². The first-order valence-corrected chi connectivity index (χ1v) is 11.1. The molecule has 0 spiro atoms. The Hall–Kier alpha value is -3.30. The highest BCUT2D eigenvalue weighted by atomic mass is 35.5. The zero-order valence-corrected chi connectivity index (χ0v) is 18.8. The highest BCUT2D eigenvalue weighted by Crippen LogP contribution is 2.36. The van der Waals surface area contributed by atoms with Crippen LogP contribution in [0.2, 0.25) is 5.02 Å². The van der Waals surface area contributed by atoms with Crippen molar-refractivity contribution in [2.75, 3.05) is 30.4 Å². The lowest BCUT2D eigenvalue weighted by Gasteiger charge is -2.24. The summed E-state index contributed by atoms with van der Waals surface area (Å²) < 4.78 is 51.2. The molecule has 3 aromatic carbocycles. The molecule has 10 heteroatoms. The average molecular weight is 479 g/mol. The van der Waals surface area contributed by atoms with E-state index >= 15 is 0 Å². The predicted octanol–water partition coefficient (Wildman–Crippen LogP) is 4.33. The molecule has 1 amide bonds. The molecular weight excluding hydrogens is 459 g/mol. The molecule has 0 heterocycles. The maximum absolute atomic E-state index is 13.3. The zero-order chi connectivity index (χ0) is 23.3. The molecule has 168 valence electrons. The number of nitrogens with one attached hydrogen (secondary N) is 1. The third kappa shape index (κ3) is 5.12. The second-order valence-electron chi connectivity index (χ2n) is 6.54. The van der Waals surface area contributed by atoms with E-state index in [1.165, 1.54) is 26.4 Å². The van der Waals surface area contributed by atoms with Crippen LogP contribution < -0.4 is 19.1 Å². The van der Waals surface area contributed by atoms with Gasteiger partial charge < -0.3 is 14.8 Å². The van der Waals surface area contributed by atoms with E-state index in [1.54, 1.807) is 30.3 Å². The lowest BCUT2D eigenvalue weighted by atomic mass is 10.2. The summed E-state index contributed by atoms with van der Waals surface area (Å²) in [4.78, 5) is 12.7. The average Bonchev–Trinajstić information content (AvgIpc) is 2.79. The molecule has 0 saturated heterocycles. The number of hydrogen-bond donors (Lipinski definition) is 1. The van der Waals surface area contributed by atoms with Crippen molar-refractivity contribution in [3.8, 4) is 11.5 Å². The predicted molar refractivity (Wildman–Crippen MR) is 121 cm³/mol. The first-order chi connectivity index (χ1) is 15.3. The number of sulfonamides is 1. The molecule has 0 aromatic heterocycles. The molecule has 0 aliphatic carbocycles. The number of carbonyl (C=O) groups excluding carboxylic acids is 1. The fourth-order valence-electron chi connectivity index (χ4n) is 2.92. The van der Waals surface area contributed by atoms with Crippen LogP contribution in [0.15, 0.2) is 71.6 Å². The highest BCUT2D eigenvalue weighted by Gasteiger charge is 2.27. The van der Waals surface area contributed by atoms with E-state index in [1.807, 2.05) is 0 Å². The Balaban J connectivity index is 1.94. The highest BCUT2D eigenvalue weighted by molar-refractivity contribution is 7.92. The minimum Gasteiger partial charge on any atom is -0.495 e. The number of para-hydroxylation sites is 1. The molecule has 0 bridgehead atoms. The van der Waals surface area contributed by atoms with E-state index < -0.39 is 28.3 Å². The fourth-order valence-corrected chi connectivity index (χ4v) is 4.57. The molecule has 0 radical (unpaired) electrons. The molecule has 0 atom stereocenters. The van der Waals surface area contributed by atoms with Crippen LogP contribution in [0.25, 0.3) is 0 Å². The summed E-state index contributed by atoms with van der Waals surface area (Å²) in [6.45, 7) is -0.544. The van der Waals surface area contributed by atoms with Gasteiger partial charge in [-0.3, -0.25) is 9.10 Å². The number of carbonyl (C=O) groups is 1. The van der Waals surface area contributed by atoms with Gasteiger partial charge in [-0.25, -0.2) is 12.8 Å².